The molecule has 2 fully saturated rings. The Morgan fingerprint density at radius 2 is 1.68 bits per heavy atom. The number of nitrogens with zero attached hydrogens (tertiary/aromatic N) is 1. The second-order valence-electron chi connectivity index (χ2n) is 9.67. The molecule has 0 bridgehead atoms. The van der Waals surface area contributed by atoms with Crippen LogP contribution in [-0.4, -0.2) is 33.5 Å². The Kier molecular flexibility index (Phi) is 6.02. The van der Waals surface area contributed by atoms with Gasteiger partial charge < -0.3 is 10.2 Å². The van der Waals surface area contributed by atoms with Gasteiger partial charge in [0.2, 0.25) is 11.8 Å². The van der Waals surface area contributed by atoms with Gasteiger partial charge in [-0.15, -0.1) is 0 Å². The van der Waals surface area contributed by atoms with Crippen LogP contribution in [0.15, 0.2) is 72.8 Å². The maximum Gasteiger partial charge on any atom is 0.416 e. The average Bonchev–Trinajstić information content (AvgIpc) is 3.35. The maximum atomic E-state index is 13.9. The second kappa shape index (κ2) is 8.98. The lowest BCUT2D eigenvalue weighted by Gasteiger charge is -2.31. The first kappa shape index (κ1) is 25.5. The SMILES string of the molecule is Cc1ccccc1N1C(=O)C2C(c3cccc(C(F)(F)F)c3)NC(Cc3ccc(O)cc3)(C(=O)O)C2C1=O. The number of amides is 2. The number of imide groups is 1. The molecule has 2 aliphatic heterocycles. The van der Waals surface area contributed by atoms with E-state index in [0.717, 1.165) is 17.0 Å². The molecule has 38 heavy (non-hydrogen) atoms. The second-order valence-corrected chi connectivity index (χ2v) is 9.67. The van der Waals surface area contributed by atoms with E-state index in [9.17, 15) is 37.8 Å². The number of carboxylic acid groups (broad SMARTS) is 1. The molecular weight excluding hydrogens is 501 g/mol. The molecule has 3 aromatic rings. The highest BCUT2D eigenvalue weighted by atomic mass is 19.4. The molecule has 5 rings (SSSR count). The standard InChI is InChI=1S/C28H23F3N2O5/c1-15-5-2-3-8-20(15)33-24(35)21-22(25(33)36)27(26(37)38,14-16-9-11-19(34)12-10-16)32-23(21)17-6-4-7-18(13-17)28(29,30)31/h2-13,21-23,32,34H,14H2,1H3,(H,37,38). The fourth-order valence-electron chi connectivity index (χ4n) is 5.62. The Balaban J connectivity index is 1.68. The third-order valence-corrected chi connectivity index (χ3v) is 7.38. The lowest BCUT2D eigenvalue weighted by Crippen LogP contribution is -2.57. The third-order valence-electron chi connectivity index (χ3n) is 7.38. The Labute approximate surface area is 215 Å². The summed E-state index contributed by atoms with van der Waals surface area (Å²) in [6, 6.07) is 15.5. The zero-order valence-electron chi connectivity index (χ0n) is 20.1. The van der Waals surface area contributed by atoms with Gasteiger partial charge in [0.25, 0.3) is 0 Å². The Morgan fingerprint density at radius 1 is 1.00 bits per heavy atom. The van der Waals surface area contributed by atoms with Crippen molar-refractivity contribution in [2.75, 3.05) is 4.90 Å². The first-order valence-electron chi connectivity index (χ1n) is 11.8. The maximum absolute atomic E-state index is 13.9. The van der Waals surface area contributed by atoms with E-state index < -0.39 is 52.9 Å². The van der Waals surface area contributed by atoms with Gasteiger partial charge in [0.15, 0.2) is 0 Å². The van der Waals surface area contributed by atoms with Gasteiger partial charge in [-0.25, -0.2) is 4.90 Å². The lowest BCUT2D eigenvalue weighted by atomic mass is 9.76. The van der Waals surface area contributed by atoms with Crippen molar-refractivity contribution in [3.63, 3.8) is 0 Å². The summed E-state index contributed by atoms with van der Waals surface area (Å²) in [6.45, 7) is 1.70. The van der Waals surface area contributed by atoms with Crippen LogP contribution in [0.3, 0.4) is 0 Å². The van der Waals surface area contributed by atoms with Crippen LogP contribution in [0.25, 0.3) is 0 Å². The van der Waals surface area contributed by atoms with E-state index in [4.69, 9.17) is 0 Å². The van der Waals surface area contributed by atoms with E-state index in [0.29, 0.717) is 16.8 Å². The zero-order chi connectivity index (χ0) is 27.4. The fourth-order valence-corrected chi connectivity index (χ4v) is 5.62. The van der Waals surface area contributed by atoms with Gasteiger partial charge in [0, 0.05) is 12.5 Å². The number of para-hydroxylation sites is 1. The predicted molar refractivity (Wildman–Crippen MR) is 130 cm³/mol. The van der Waals surface area contributed by atoms with Crippen LogP contribution in [-0.2, 0) is 27.0 Å². The van der Waals surface area contributed by atoms with Gasteiger partial charge in [-0.2, -0.15) is 13.2 Å². The van der Waals surface area contributed by atoms with Crippen molar-refractivity contribution in [3.8, 4) is 5.75 Å². The quantitative estimate of drug-likeness (QED) is 0.431. The first-order valence-corrected chi connectivity index (χ1v) is 11.8. The number of rotatable bonds is 5. The molecule has 3 N–H and O–H groups in total. The highest BCUT2D eigenvalue weighted by Gasteiger charge is 2.68. The summed E-state index contributed by atoms with van der Waals surface area (Å²) in [7, 11) is 0. The number of phenolic OH excluding ortho intramolecular Hbond substituents is 1. The van der Waals surface area contributed by atoms with Crippen LogP contribution < -0.4 is 10.2 Å². The highest BCUT2D eigenvalue weighted by Crippen LogP contribution is 2.51. The van der Waals surface area contributed by atoms with Crippen LogP contribution in [0.4, 0.5) is 18.9 Å². The van der Waals surface area contributed by atoms with E-state index in [1.165, 1.54) is 36.4 Å². The van der Waals surface area contributed by atoms with Gasteiger partial charge in [0.1, 0.15) is 11.3 Å². The van der Waals surface area contributed by atoms with Crippen molar-refractivity contribution >= 4 is 23.5 Å². The van der Waals surface area contributed by atoms with Gasteiger partial charge >= 0.3 is 12.1 Å². The van der Waals surface area contributed by atoms with E-state index in [-0.39, 0.29) is 17.7 Å². The molecule has 3 aromatic carbocycles. The van der Waals surface area contributed by atoms with Crippen LogP contribution >= 0.6 is 0 Å². The summed E-state index contributed by atoms with van der Waals surface area (Å²) in [5, 5.41) is 23.1. The summed E-state index contributed by atoms with van der Waals surface area (Å²) >= 11 is 0. The van der Waals surface area contributed by atoms with Crippen LogP contribution in [0.1, 0.15) is 28.3 Å². The zero-order valence-corrected chi connectivity index (χ0v) is 20.1. The minimum atomic E-state index is -4.66. The minimum absolute atomic E-state index is 0.0462. The predicted octanol–water partition coefficient (Wildman–Crippen LogP) is 4.24. The topological polar surface area (TPSA) is 107 Å². The van der Waals surface area contributed by atoms with E-state index >= 15 is 0 Å². The number of fused-ring (bicyclic) bond motifs is 1. The molecule has 10 heteroatoms. The normalized spacial score (nSPS) is 25.1. The van der Waals surface area contributed by atoms with Crippen LogP contribution in [0, 0.1) is 18.8 Å². The molecule has 4 atom stereocenters. The van der Waals surface area contributed by atoms with Crippen molar-refractivity contribution in [1.82, 2.24) is 5.32 Å². The van der Waals surface area contributed by atoms with Gasteiger partial charge in [-0.05, 0) is 53.9 Å². The van der Waals surface area contributed by atoms with Crippen molar-refractivity contribution < 1.29 is 37.8 Å². The van der Waals surface area contributed by atoms with Crippen molar-refractivity contribution in [2.45, 2.75) is 31.1 Å². The molecule has 0 radical (unpaired) electrons. The Morgan fingerprint density at radius 3 is 2.32 bits per heavy atom. The lowest BCUT2D eigenvalue weighted by molar-refractivity contribution is -0.148. The highest BCUT2D eigenvalue weighted by molar-refractivity contribution is 6.24. The number of anilines is 1. The summed E-state index contributed by atoms with van der Waals surface area (Å²) in [5.41, 5.74) is -1.55. The van der Waals surface area contributed by atoms with Crippen LogP contribution in [0.5, 0.6) is 5.75 Å². The molecule has 0 aliphatic carbocycles. The molecule has 0 saturated carbocycles. The van der Waals surface area contributed by atoms with Gasteiger partial charge in [0.05, 0.1) is 23.1 Å². The van der Waals surface area contributed by atoms with E-state index in [2.05, 4.69) is 5.32 Å². The first-order chi connectivity index (χ1) is 17.9. The number of aromatic hydroxyl groups is 1. The number of carboxylic acids is 1. The van der Waals surface area contributed by atoms with E-state index in [1.54, 1.807) is 31.2 Å². The number of phenols is 1. The van der Waals surface area contributed by atoms with Crippen molar-refractivity contribution in [3.05, 3.63) is 95.1 Å². The number of carbonyl (C=O) groups excluding carboxylic acids is 2. The largest absolute Gasteiger partial charge is 0.508 e. The number of hydrogen-bond donors (Lipinski definition) is 3. The number of hydrogen-bond acceptors (Lipinski definition) is 5. The number of nitrogens with one attached hydrogen (secondary N) is 1. The number of alkyl halides is 3. The monoisotopic (exact) mass is 524 g/mol. The number of carbonyl (C=O) groups is 3. The van der Waals surface area contributed by atoms with Gasteiger partial charge in [-0.1, -0.05) is 42.5 Å². The molecule has 2 saturated heterocycles. The van der Waals surface area contributed by atoms with Gasteiger partial charge in [-0.3, -0.25) is 19.7 Å². The summed E-state index contributed by atoms with van der Waals surface area (Å²) in [4.78, 5) is 41.6. The average molecular weight is 524 g/mol. The number of benzene rings is 3. The minimum Gasteiger partial charge on any atom is -0.508 e. The Bertz CT molecular complexity index is 1440. The molecule has 0 aromatic heterocycles. The number of halogens is 3. The fraction of sp³-hybridized carbons (Fsp3) is 0.250. The molecular formula is C28H23F3N2O5. The van der Waals surface area contributed by atoms with E-state index in [1.807, 2.05) is 0 Å². The summed E-state index contributed by atoms with van der Waals surface area (Å²) < 4.78 is 40.6. The molecule has 0 spiro atoms. The summed E-state index contributed by atoms with van der Waals surface area (Å²) in [6.07, 6.45) is -4.91. The number of aliphatic carboxylic acids is 1. The molecule has 2 aliphatic rings. The molecule has 2 amide bonds. The third kappa shape index (κ3) is 4.01. The van der Waals surface area contributed by atoms with Crippen LogP contribution in [0.2, 0.25) is 0 Å². The summed E-state index contributed by atoms with van der Waals surface area (Å²) in [5.74, 6) is -5.55. The van der Waals surface area contributed by atoms with Crippen molar-refractivity contribution in [2.24, 2.45) is 11.8 Å². The molecule has 196 valence electrons. The van der Waals surface area contributed by atoms with Crippen molar-refractivity contribution in [1.29, 1.82) is 0 Å². The number of aryl methyl sites for hydroxylation is 1. The molecule has 7 nitrogen and oxygen atoms in total. The molecule has 4 unspecified atom stereocenters. The molecule has 2 heterocycles. The Hall–Kier alpha value is -4.18. The smallest absolute Gasteiger partial charge is 0.416 e.